The third-order valence-corrected chi connectivity index (χ3v) is 6.41. The highest BCUT2D eigenvalue weighted by Gasteiger charge is 2.40. The number of nitrogens with zero attached hydrogens (tertiary/aromatic N) is 4. The Labute approximate surface area is 204 Å². The molecule has 0 saturated carbocycles. The van der Waals surface area contributed by atoms with E-state index in [-0.39, 0.29) is 5.70 Å². The van der Waals surface area contributed by atoms with E-state index in [1.54, 1.807) is 24.3 Å². The van der Waals surface area contributed by atoms with E-state index in [9.17, 15) is 9.59 Å². The van der Waals surface area contributed by atoms with E-state index in [4.69, 9.17) is 5.26 Å². The number of likely N-dealkylation sites (N-methyl/N-ethyl adjacent to an activating group) is 1. The van der Waals surface area contributed by atoms with Gasteiger partial charge in [0.25, 0.3) is 11.8 Å². The van der Waals surface area contributed by atoms with Crippen LogP contribution in [0.1, 0.15) is 11.1 Å². The highest BCUT2D eigenvalue weighted by Crippen LogP contribution is 2.34. The number of imide groups is 1. The maximum absolute atomic E-state index is 13.5. The van der Waals surface area contributed by atoms with Crippen LogP contribution in [0.25, 0.3) is 5.57 Å². The molecule has 0 aromatic heterocycles. The van der Waals surface area contributed by atoms with E-state index in [0.29, 0.717) is 22.4 Å². The molecule has 2 heterocycles. The third kappa shape index (κ3) is 4.39. The van der Waals surface area contributed by atoms with Crippen LogP contribution >= 0.6 is 0 Å². The Bertz CT molecular complexity index is 1320. The van der Waals surface area contributed by atoms with Crippen LogP contribution in [0.3, 0.4) is 0 Å². The number of nitriles is 1. The first kappa shape index (κ1) is 22.4. The quantitative estimate of drug-likeness (QED) is 0.581. The standard InChI is InChI=1S/C28H25N5O2/c1-31-15-17-32(18-16-31)23-13-9-22(10-14-23)30-26-25(21-5-3-2-4-6-21)27(34)33(28(26)35)24-11-7-20(19-29)8-12-24/h2-14,30H,15-18H2,1H3. The van der Waals surface area contributed by atoms with Gasteiger partial charge in [-0.2, -0.15) is 5.26 Å². The number of carbonyl (C=O) groups excluding carboxylic acids is 2. The zero-order chi connectivity index (χ0) is 24.4. The molecule has 0 atom stereocenters. The lowest BCUT2D eigenvalue weighted by atomic mass is 10.0. The molecule has 7 heteroatoms. The van der Waals surface area contributed by atoms with Crippen LogP contribution < -0.4 is 15.1 Å². The Morgan fingerprint density at radius 2 is 1.40 bits per heavy atom. The predicted octanol–water partition coefficient (Wildman–Crippen LogP) is 3.71. The number of hydrogen-bond donors (Lipinski definition) is 1. The molecule has 0 unspecified atom stereocenters. The van der Waals surface area contributed by atoms with Gasteiger partial charge in [-0.1, -0.05) is 30.3 Å². The van der Waals surface area contributed by atoms with Gasteiger partial charge < -0.3 is 15.1 Å². The minimum atomic E-state index is -0.429. The van der Waals surface area contributed by atoms with Crippen molar-refractivity contribution in [3.05, 3.63) is 95.7 Å². The average Bonchev–Trinajstić information content (AvgIpc) is 3.14. The summed E-state index contributed by atoms with van der Waals surface area (Å²) in [6, 6.07) is 25.6. The zero-order valence-corrected chi connectivity index (χ0v) is 19.4. The molecule has 0 aliphatic carbocycles. The molecule has 0 bridgehead atoms. The smallest absolute Gasteiger partial charge is 0.282 e. The molecule has 3 aromatic rings. The lowest BCUT2D eigenvalue weighted by molar-refractivity contribution is -0.120. The molecule has 1 saturated heterocycles. The number of benzene rings is 3. The van der Waals surface area contributed by atoms with Gasteiger partial charge in [0.05, 0.1) is 22.9 Å². The Balaban J connectivity index is 1.46. The minimum absolute atomic E-state index is 0.234. The predicted molar refractivity (Wildman–Crippen MR) is 137 cm³/mol. The highest BCUT2D eigenvalue weighted by atomic mass is 16.2. The van der Waals surface area contributed by atoms with Crippen LogP contribution in [0.4, 0.5) is 17.1 Å². The van der Waals surface area contributed by atoms with E-state index >= 15 is 0 Å². The number of rotatable bonds is 5. The van der Waals surface area contributed by atoms with Gasteiger partial charge in [-0.05, 0) is 61.1 Å². The molecule has 7 nitrogen and oxygen atoms in total. The summed E-state index contributed by atoms with van der Waals surface area (Å²) >= 11 is 0. The van der Waals surface area contributed by atoms with Gasteiger partial charge in [0.2, 0.25) is 0 Å². The minimum Gasteiger partial charge on any atom is -0.369 e. The van der Waals surface area contributed by atoms with Crippen LogP contribution in [-0.2, 0) is 9.59 Å². The first-order chi connectivity index (χ1) is 17.0. The molecule has 174 valence electrons. The zero-order valence-electron chi connectivity index (χ0n) is 19.4. The lowest BCUT2D eigenvalue weighted by Crippen LogP contribution is -2.44. The van der Waals surface area contributed by atoms with Gasteiger partial charge in [-0.25, -0.2) is 4.90 Å². The fourth-order valence-corrected chi connectivity index (χ4v) is 4.40. The Kier molecular flexibility index (Phi) is 6.04. The molecule has 2 aliphatic rings. The number of hydrogen-bond acceptors (Lipinski definition) is 6. The summed E-state index contributed by atoms with van der Waals surface area (Å²) in [6.07, 6.45) is 0. The number of nitrogens with one attached hydrogen (secondary N) is 1. The fourth-order valence-electron chi connectivity index (χ4n) is 4.40. The highest BCUT2D eigenvalue weighted by molar-refractivity contribution is 6.46. The molecule has 0 radical (unpaired) electrons. The second-order valence-corrected chi connectivity index (χ2v) is 8.68. The Hall–Kier alpha value is -4.41. The normalized spacial score (nSPS) is 16.6. The van der Waals surface area contributed by atoms with Gasteiger partial charge in [0, 0.05) is 37.6 Å². The SMILES string of the molecule is CN1CCN(c2ccc(NC3=C(c4ccccc4)C(=O)N(c4ccc(C#N)cc4)C3=O)cc2)CC1. The van der Waals surface area contributed by atoms with Crippen LogP contribution in [0.15, 0.2) is 84.6 Å². The Morgan fingerprint density at radius 1 is 0.771 bits per heavy atom. The number of anilines is 3. The van der Waals surface area contributed by atoms with Crippen molar-refractivity contribution in [3.8, 4) is 6.07 Å². The molecule has 0 spiro atoms. The number of piperazine rings is 1. The molecule has 2 amide bonds. The van der Waals surface area contributed by atoms with E-state index < -0.39 is 11.8 Å². The summed E-state index contributed by atoms with van der Waals surface area (Å²) < 4.78 is 0. The molecule has 3 aromatic carbocycles. The molecule has 1 fully saturated rings. The number of amides is 2. The van der Waals surface area contributed by atoms with Crippen LogP contribution in [0.2, 0.25) is 0 Å². The van der Waals surface area contributed by atoms with Crippen molar-refractivity contribution in [1.82, 2.24) is 4.90 Å². The fraction of sp³-hybridized carbons (Fsp3) is 0.179. The van der Waals surface area contributed by atoms with E-state index in [1.807, 2.05) is 54.6 Å². The van der Waals surface area contributed by atoms with Gasteiger partial charge in [-0.15, -0.1) is 0 Å². The molecule has 2 aliphatic heterocycles. The molecule has 1 N–H and O–H groups in total. The maximum atomic E-state index is 13.5. The van der Waals surface area contributed by atoms with Crippen molar-refractivity contribution in [2.45, 2.75) is 0 Å². The third-order valence-electron chi connectivity index (χ3n) is 6.41. The summed E-state index contributed by atoms with van der Waals surface area (Å²) in [5, 5.41) is 12.3. The topological polar surface area (TPSA) is 79.7 Å². The molecular weight excluding hydrogens is 438 g/mol. The average molecular weight is 464 g/mol. The van der Waals surface area contributed by atoms with Gasteiger partial charge in [0.1, 0.15) is 5.70 Å². The first-order valence-electron chi connectivity index (χ1n) is 11.5. The van der Waals surface area contributed by atoms with E-state index in [2.05, 4.69) is 28.2 Å². The molecular formula is C28H25N5O2. The van der Waals surface area contributed by atoms with Crippen molar-refractivity contribution >= 4 is 34.4 Å². The van der Waals surface area contributed by atoms with Gasteiger partial charge in [-0.3, -0.25) is 9.59 Å². The van der Waals surface area contributed by atoms with Crippen LogP contribution in [0.5, 0.6) is 0 Å². The summed E-state index contributed by atoms with van der Waals surface area (Å²) in [5.41, 5.74) is 3.97. The van der Waals surface area contributed by atoms with Crippen molar-refractivity contribution < 1.29 is 9.59 Å². The van der Waals surface area contributed by atoms with Crippen molar-refractivity contribution in [2.24, 2.45) is 0 Å². The first-order valence-corrected chi connectivity index (χ1v) is 11.5. The summed E-state index contributed by atoms with van der Waals surface area (Å²) in [5.74, 6) is -0.829. The Morgan fingerprint density at radius 3 is 2.03 bits per heavy atom. The summed E-state index contributed by atoms with van der Waals surface area (Å²) in [4.78, 5) is 32.8. The lowest BCUT2D eigenvalue weighted by Gasteiger charge is -2.34. The summed E-state index contributed by atoms with van der Waals surface area (Å²) in [7, 11) is 2.13. The largest absolute Gasteiger partial charge is 0.369 e. The van der Waals surface area contributed by atoms with Crippen molar-refractivity contribution in [1.29, 1.82) is 5.26 Å². The number of carbonyl (C=O) groups is 2. The van der Waals surface area contributed by atoms with E-state index in [1.165, 1.54) is 0 Å². The second kappa shape index (κ2) is 9.45. The second-order valence-electron chi connectivity index (χ2n) is 8.68. The van der Waals surface area contributed by atoms with Crippen LogP contribution in [-0.4, -0.2) is 49.9 Å². The van der Waals surface area contributed by atoms with Crippen molar-refractivity contribution in [3.63, 3.8) is 0 Å². The van der Waals surface area contributed by atoms with Gasteiger partial charge in [0.15, 0.2) is 0 Å². The monoisotopic (exact) mass is 463 g/mol. The molecule has 5 rings (SSSR count). The van der Waals surface area contributed by atoms with Gasteiger partial charge >= 0.3 is 0 Å². The molecule has 35 heavy (non-hydrogen) atoms. The van der Waals surface area contributed by atoms with Crippen molar-refractivity contribution in [2.75, 3.05) is 48.3 Å². The maximum Gasteiger partial charge on any atom is 0.282 e. The van der Waals surface area contributed by atoms with Crippen LogP contribution in [0, 0.1) is 11.3 Å². The summed E-state index contributed by atoms with van der Waals surface area (Å²) in [6.45, 7) is 3.99. The van der Waals surface area contributed by atoms with E-state index in [0.717, 1.165) is 42.5 Å².